The van der Waals surface area contributed by atoms with Gasteiger partial charge in [0.25, 0.3) is 11.6 Å². The van der Waals surface area contributed by atoms with Gasteiger partial charge in [-0.25, -0.2) is 4.98 Å². The van der Waals surface area contributed by atoms with E-state index in [9.17, 15) is 9.90 Å². The van der Waals surface area contributed by atoms with Crippen molar-refractivity contribution in [3.63, 3.8) is 0 Å². The standard InChI is InChI=1S/C17H23N3O3/c1-10(2)14-7-13(15-11(3)19-23-16(15)18-14)17(22)20-6-4-5-12(8-20)9-21/h7,10,12,21H,4-6,8-9H2,1-3H3. The third-order valence-electron chi connectivity index (χ3n) is 4.52. The lowest BCUT2D eigenvalue weighted by atomic mass is 9.97. The molecule has 0 aromatic carbocycles. The highest BCUT2D eigenvalue weighted by molar-refractivity contribution is 6.06. The van der Waals surface area contributed by atoms with Gasteiger partial charge in [0, 0.05) is 25.4 Å². The maximum atomic E-state index is 13.0. The maximum absolute atomic E-state index is 13.0. The molecule has 0 spiro atoms. The lowest BCUT2D eigenvalue weighted by Gasteiger charge is -2.32. The second-order valence-corrected chi connectivity index (χ2v) is 6.64. The Morgan fingerprint density at radius 1 is 1.52 bits per heavy atom. The summed E-state index contributed by atoms with van der Waals surface area (Å²) in [6.45, 7) is 7.34. The number of pyridine rings is 1. The van der Waals surface area contributed by atoms with Crippen LogP contribution in [0.1, 0.15) is 54.4 Å². The van der Waals surface area contributed by atoms with Gasteiger partial charge < -0.3 is 14.5 Å². The summed E-state index contributed by atoms with van der Waals surface area (Å²) in [5, 5.41) is 14.1. The first-order chi connectivity index (χ1) is 11.0. The molecule has 1 atom stereocenters. The summed E-state index contributed by atoms with van der Waals surface area (Å²) >= 11 is 0. The van der Waals surface area contributed by atoms with Crippen molar-refractivity contribution < 1.29 is 14.4 Å². The van der Waals surface area contributed by atoms with E-state index in [0.29, 0.717) is 28.9 Å². The van der Waals surface area contributed by atoms with Crippen molar-refractivity contribution in [1.82, 2.24) is 15.0 Å². The van der Waals surface area contributed by atoms with Crippen LogP contribution in [0.3, 0.4) is 0 Å². The molecule has 3 heterocycles. The molecule has 2 aromatic heterocycles. The quantitative estimate of drug-likeness (QED) is 0.941. The minimum Gasteiger partial charge on any atom is -0.396 e. The van der Waals surface area contributed by atoms with E-state index in [2.05, 4.69) is 10.1 Å². The minimum atomic E-state index is -0.0243. The first kappa shape index (κ1) is 15.9. The Morgan fingerprint density at radius 2 is 2.30 bits per heavy atom. The molecule has 1 aliphatic heterocycles. The number of nitrogens with zero attached hydrogens (tertiary/aromatic N) is 3. The molecule has 1 aliphatic rings. The number of aliphatic hydroxyl groups excluding tert-OH is 1. The van der Waals surface area contributed by atoms with Gasteiger partial charge in [-0.05, 0) is 37.7 Å². The molecule has 23 heavy (non-hydrogen) atoms. The smallest absolute Gasteiger partial charge is 0.259 e. The van der Waals surface area contributed by atoms with Crippen LogP contribution in [0.2, 0.25) is 0 Å². The third kappa shape index (κ3) is 2.95. The minimum absolute atomic E-state index is 0.0243. The molecule has 1 saturated heterocycles. The second kappa shape index (κ2) is 6.28. The number of amides is 1. The Kier molecular flexibility index (Phi) is 4.35. The third-order valence-corrected chi connectivity index (χ3v) is 4.52. The van der Waals surface area contributed by atoms with E-state index in [1.165, 1.54) is 0 Å². The highest BCUT2D eigenvalue weighted by Gasteiger charge is 2.27. The van der Waals surface area contributed by atoms with Gasteiger partial charge in [-0.2, -0.15) is 0 Å². The van der Waals surface area contributed by atoms with Crippen molar-refractivity contribution in [3.05, 3.63) is 23.0 Å². The molecule has 0 bridgehead atoms. The second-order valence-electron chi connectivity index (χ2n) is 6.64. The molecular weight excluding hydrogens is 294 g/mol. The van der Waals surface area contributed by atoms with Crippen LogP contribution in [0.25, 0.3) is 11.1 Å². The molecule has 1 amide bonds. The van der Waals surface area contributed by atoms with Gasteiger partial charge in [-0.15, -0.1) is 0 Å². The zero-order valence-electron chi connectivity index (χ0n) is 13.9. The summed E-state index contributed by atoms with van der Waals surface area (Å²) in [6.07, 6.45) is 1.89. The van der Waals surface area contributed by atoms with Crippen LogP contribution < -0.4 is 0 Å². The van der Waals surface area contributed by atoms with Crippen molar-refractivity contribution in [2.24, 2.45) is 5.92 Å². The molecular formula is C17H23N3O3. The normalized spacial score (nSPS) is 18.8. The highest BCUT2D eigenvalue weighted by Crippen LogP contribution is 2.27. The van der Waals surface area contributed by atoms with E-state index in [4.69, 9.17) is 4.52 Å². The number of likely N-dealkylation sites (tertiary alicyclic amines) is 1. The Labute approximate surface area is 135 Å². The number of hydrogen-bond acceptors (Lipinski definition) is 5. The van der Waals surface area contributed by atoms with Crippen molar-refractivity contribution in [3.8, 4) is 0 Å². The summed E-state index contributed by atoms with van der Waals surface area (Å²) in [4.78, 5) is 19.4. The maximum Gasteiger partial charge on any atom is 0.259 e. The number of carbonyl (C=O) groups excluding carboxylic acids is 1. The van der Waals surface area contributed by atoms with Crippen molar-refractivity contribution in [2.75, 3.05) is 19.7 Å². The van der Waals surface area contributed by atoms with Crippen molar-refractivity contribution in [2.45, 2.75) is 39.5 Å². The zero-order chi connectivity index (χ0) is 16.6. The van der Waals surface area contributed by atoms with Gasteiger partial charge in [0.15, 0.2) is 0 Å². The van der Waals surface area contributed by atoms with Crippen LogP contribution in [-0.4, -0.2) is 45.8 Å². The Morgan fingerprint density at radius 3 is 3.00 bits per heavy atom. The number of aryl methyl sites for hydroxylation is 1. The van der Waals surface area contributed by atoms with Crippen LogP contribution in [0.5, 0.6) is 0 Å². The summed E-state index contributed by atoms with van der Waals surface area (Å²) < 4.78 is 5.29. The average Bonchev–Trinajstić information content (AvgIpc) is 2.94. The van der Waals surface area contributed by atoms with E-state index < -0.39 is 0 Å². The molecule has 2 aromatic rings. The molecule has 124 valence electrons. The lowest BCUT2D eigenvalue weighted by molar-refractivity contribution is 0.0622. The number of aromatic nitrogens is 2. The van der Waals surface area contributed by atoms with Crippen molar-refractivity contribution in [1.29, 1.82) is 0 Å². The van der Waals surface area contributed by atoms with Gasteiger partial charge in [-0.3, -0.25) is 4.79 Å². The van der Waals surface area contributed by atoms with Gasteiger partial charge >= 0.3 is 0 Å². The molecule has 0 saturated carbocycles. The van der Waals surface area contributed by atoms with E-state index in [-0.39, 0.29) is 24.3 Å². The van der Waals surface area contributed by atoms with E-state index in [1.807, 2.05) is 31.7 Å². The average molecular weight is 317 g/mol. The SMILES string of the molecule is Cc1noc2nc(C(C)C)cc(C(=O)N3CCCC(CO)C3)c12. The summed E-state index contributed by atoms with van der Waals surface area (Å²) in [6, 6.07) is 1.86. The molecule has 6 heteroatoms. The molecule has 1 N–H and O–H groups in total. The predicted octanol–water partition coefficient (Wildman–Crippen LogP) is 2.50. The van der Waals surface area contributed by atoms with Gasteiger partial charge in [0.2, 0.25) is 0 Å². The van der Waals surface area contributed by atoms with Crippen LogP contribution in [0.4, 0.5) is 0 Å². The molecule has 0 aliphatic carbocycles. The highest BCUT2D eigenvalue weighted by atomic mass is 16.5. The molecule has 3 rings (SSSR count). The van der Waals surface area contributed by atoms with Crippen LogP contribution in [-0.2, 0) is 0 Å². The van der Waals surface area contributed by atoms with Gasteiger partial charge in [0.1, 0.15) is 0 Å². The number of rotatable bonds is 3. The fourth-order valence-corrected chi connectivity index (χ4v) is 3.15. The van der Waals surface area contributed by atoms with Crippen LogP contribution in [0, 0.1) is 12.8 Å². The van der Waals surface area contributed by atoms with E-state index >= 15 is 0 Å². The largest absolute Gasteiger partial charge is 0.396 e. The summed E-state index contributed by atoms with van der Waals surface area (Å²) in [5.74, 6) is 0.338. The zero-order valence-corrected chi connectivity index (χ0v) is 13.9. The van der Waals surface area contributed by atoms with Gasteiger partial charge in [-0.1, -0.05) is 19.0 Å². The Balaban J connectivity index is 2.03. The van der Waals surface area contributed by atoms with Crippen LogP contribution >= 0.6 is 0 Å². The fraction of sp³-hybridized carbons (Fsp3) is 0.588. The molecule has 0 radical (unpaired) electrons. The number of aliphatic hydroxyl groups is 1. The number of carbonyl (C=O) groups is 1. The first-order valence-corrected chi connectivity index (χ1v) is 8.18. The fourth-order valence-electron chi connectivity index (χ4n) is 3.15. The monoisotopic (exact) mass is 317 g/mol. The number of fused-ring (bicyclic) bond motifs is 1. The topological polar surface area (TPSA) is 79.5 Å². The van der Waals surface area contributed by atoms with Gasteiger partial charge in [0.05, 0.1) is 16.6 Å². The summed E-state index contributed by atoms with van der Waals surface area (Å²) in [5.41, 5.74) is 2.54. The van der Waals surface area contributed by atoms with Crippen LogP contribution in [0.15, 0.2) is 10.6 Å². The van der Waals surface area contributed by atoms with Crippen molar-refractivity contribution >= 4 is 17.0 Å². The number of hydrogen-bond donors (Lipinski definition) is 1. The molecule has 6 nitrogen and oxygen atoms in total. The Bertz CT molecular complexity index is 723. The summed E-state index contributed by atoms with van der Waals surface area (Å²) in [7, 11) is 0. The predicted molar refractivity (Wildman–Crippen MR) is 86.3 cm³/mol. The molecule has 1 unspecified atom stereocenters. The van der Waals surface area contributed by atoms with E-state index in [1.54, 1.807) is 0 Å². The first-order valence-electron chi connectivity index (χ1n) is 8.18. The number of piperidine rings is 1. The molecule has 1 fully saturated rings. The Hall–Kier alpha value is -1.95. The lowest BCUT2D eigenvalue weighted by Crippen LogP contribution is -2.41. The van der Waals surface area contributed by atoms with E-state index in [0.717, 1.165) is 25.1 Å².